The van der Waals surface area contributed by atoms with Gasteiger partial charge in [-0.2, -0.15) is 65.9 Å². The zero-order valence-corrected chi connectivity index (χ0v) is 16.3. The number of benzene rings is 1. The molecule has 1 N–H and O–H groups in total. The van der Waals surface area contributed by atoms with Gasteiger partial charge in [-0.1, -0.05) is 12.1 Å². The van der Waals surface area contributed by atoms with Crippen molar-refractivity contribution in [2.24, 2.45) is 0 Å². The van der Waals surface area contributed by atoms with Gasteiger partial charge in [-0.25, -0.2) is 0 Å². The molecule has 34 heavy (non-hydrogen) atoms. The molecule has 1 aromatic rings. The number of ether oxygens (including phenoxy) is 1. The van der Waals surface area contributed by atoms with Gasteiger partial charge in [-0.3, -0.25) is 0 Å². The van der Waals surface area contributed by atoms with E-state index in [-0.39, 0.29) is 12.4 Å². The van der Waals surface area contributed by atoms with Crippen LogP contribution < -0.4 is 4.74 Å². The second kappa shape index (κ2) is 8.86. The summed E-state index contributed by atoms with van der Waals surface area (Å²) in [5.41, 5.74) is -0.706. The number of alkyl halides is 15. The van der Waals surface area contributed by atoms with E-state index in [0.717, 1.165) is 24.3 Å². The molecule has 0 radical (unpaired) electrons. The number of halogens is 15. The van der Waals surface area contributed by atoms with Gasteiger partial charge in [-0.05, 0) is 24.6 Å². The van der Waals surface area contributed by atoms with Crippen LogP contribution in [-0.4, -0.2) is 53.4 Å². The number of aliphatic hydroxyl groups is 1. The van der Waals surface area contributed by atoms with Gasteiger partial charge < -0.3 is 9.84 Å². The van der Waals surface area contributed by atoms with Crippen molar-refractivity contribution in [1.82, 2.24) is 0 Å². The smallest absolute Gasteiger partial charge is 0.460 e. The molecule has 0 saturated carbocycles. The summed E-state index contributed by atoms with van der Waals surface area (Å²) in [6.45, 7) is 1.60. The second-order valence-electron chi connectivity index (χ2n) is 6.80. The average Bonchev–Trinajstić information content (AvgIpc) is 2.66. The molecule has 17 heteroatoms. The van der Waals surface area contributed by atoms with Gasteiger partial charge in [0.2, 0.25) is 0 Å². The Balaban J connectivity index is 3.37. The van der Waals surface area contributed by atoms with Crippen LogP contribution in [0.2, 0.25) is 0 Å². The lowest BCUT2D eigenvalue weighted by Gasteiger charge is -2.41. The van der Waals surface area contributed by atoms with Gasteiger partial charge in [0, 0.05) is 6.42 Å². The molecular weight excluding hydrogens is 521 g/mol. The van der Waals surface area contributed by atoms with Crippen molar-refractivity contribution < 1.29 is 75.7 Å². The maximum Gasteiger partial charge on any atom is 0.460 e. The van der Waals surface area contributed by atoms with Crippen molar-refractivity contribution in [2.45, 2.75) is 61.2 Å². The Labute approximate surface area is 180 Å². The highest BCUT2D eigenvalue weighted by Gasteiger charge is 2.93. The fourth-order valence-electron chi connectivity index (χ4n) is 2.44. The Kier molecular flexibility index (Phi) is 7.81. The Morgan fingerprint density at radius 2 is 1.03 bits per heavy atom. The van der Waals surface area contributed by atoms with E-state index in [2.05, 4.69) is 0 Å². The third kappa shape index (κ3) is 4.58. The zero-order chi connectivity index (χ0) is 27.2. The number of hydrogen-bond acceptors (Lipinski definition) is 2. The summed E-state index contributed by atoms with van der Waals surface area (Å²) >= 11 is 0. The van der Waals surface area contributed by atoms with E-state index in [4.69, 9.17) is 4.74 Å². The summed E-state index contributed by atoms with van der Waals surface area (Å²) in [4.78, 5) is 0. The Bertz CT molecular complexity index is 830. The second-order valence-corrected chi connectivity index (χ2v) is 6.80. The fraction of sp³-hybridized carbons (Fsp3) is 0.647. The van der Waals surface area contributed by atoms with E-state index in [0.29, 0.717) is 0 Å². The lowest BCUT2D eigenvalue weighted by atomic mass is 9.88. The molecule has 0 fully saturated rings. The molecular formula is C17H13F15O2. The van der Waals surface area contributed by atoms with Gasteiger partial charge in [0.25, 0.3) is 0 Å². The monoisotopic (exact) mass is 534 g/mol. The molecule has 0 spiro atoms. The van der Waals surface area contributed by atoms with E-state index in [1.807, 2.05) is 0 Å². The zero-order valence-electron chi connectivity index (χ0n) is 16.3. The van der Waals surface area contributed by atoms with Crippen LogP contribution in [0.1, 0.15) is 25.0 Å². The Morgan fingerprint density at radius 3 is 1.41 bits per heavy atom. The van der Waals surface area contributed by atoms with Crippen LogP contribution >= 0.6 is 0 Å². The predicted octanol–water partition coefficient (Wildman–Crippen LogP) is 6.88. The number of aliphatic hydroxyl groups excluding tert-OH is 1. The summed E-state index contributed by atoms with van der Waals surface area (Å²) in [6.07, 6.45) is -13.3. The lowest BCUT2D eigenvalue weighted by Crippen LogP contribution is -2.72. The number of rotatable bonds is 10. The van der Waals surface area contributed by atoms with Crippen LogP contribution in [0, 0.1) is 0 Å². The van der Waals surface area contributed by atoms with E-state index < -0.39 is 59.8 Å². The standard InChI is InChI=1S/C17H13F15O2/c1-2-34-9-5-3-8(4-6-9)10(33)7-11(18,19)12(20,21)13(22,23)14(24,25)15(26,27)16(28,29)17(30,31)32/h3-6,10,33H,2,7H2,1H3. The highest BCUT2D eigenvalue weighted by Crippen LogP contribution is 2.63. The molecule has 0 aliphatic heterocycles. The van der Waals surface area contributed by atoms with Crippen LogP contribution in [0.4, 0.5) is 65.9 Å². The van der Waals surface area contributed by atoms with Crippen LogP contribution in [0.5, 0.6) is 5.75 Å². The molecule has 0 aromatic heterocycles. The highest BCUT2D eigenvalue weighted by molar-refractivity contribution is 5.29. The van der Waals surface area contributed by atoms with Crippen LogP contribution in [0.15, 0.2) is 24.3 Å². The van der Waals surface area contributed by atoms with Crippen molar-refractivity contribution in [1.29, 1.82) is 0 Å². The molecule has 0 bridgehead atoms. The number of hydrogen-bond donors (Lipinski definition) is 1. The quantitative estimate of drug-likeness (QED) is 0.332. The van der Waals surface area contributed by atoms with Gasteiger partial charge in [0.05, 0.1) is 12.7 Å². The lowest BCUT2D eigenvalue weighted by molar-refractivity contribution is -0.453. The molecule has 1 atom stereocenters. The van der Waals surface area contributed by atoms with E-state index >= 15 is 0 Å². The minimum atomic E-state index is -8.35. The maximum atomic E-state index is 13.9. The minimum Gasteiger partial charge on any atom is -0.494 e. The van der Waals surface area contributed by atoms with E-state index in [1.165, 1.54) is 6.92 Å². The average molecular weight is 534 g/mol. The Hall–Kier alpha value is -2.07. The summed E-state index contributed by atoms with van der Waals surface area (Å²) in [5.74, 6) is -47.0. The van der Waals surface area contributed by atoms with Gasteiger partial charge >= 0.3 is 41.7 Å². The Morgan fingerprint density at radius 1 is 0.647 bits per heavy atom. The van der Waals surface area contributed by atoms with Gasteiger partial charge in [0.15, 0.2) is 0 Å². The summed E-state index contributed by atoms with van der Waals surface area (Å²) < 4.78 is 202. The summed E-state index contributed by atoms with van der Waals surface area (Å²) in [6, 6.07) is 3.44. The van der Waals surface area contributed by atoms with Crippen LogP contribution in [0.3, 0.4) is 0 Å². The fourth-order valence-corrected chi connectivity index (χ4v) is 2.44. The molecule has 1 unspecified atom stereocenters. The topological polar surface area (TPSA) is 29.5 Å². The molecule has 2 nitrogen and oxygen atoms in total. The minimum absolute atomic E-state index is 0.0505. The molecule has 1 rings (SSSR count). The largest absolute Gasteiger partial charge is 0.494 e. The first-order valence-corrected chi connectivity index (χ1v) is 8.66. The SMILES string of the molecule is CCOc1ccc(C(O)CC(F)(F)C(F)(F)C(F)(F)C(F)(F)C(F)(F)C(F)(F)C(F)(F)F)cc1. The molecule has 0 amide bonds. The highest BCUT2D eigenvalue weighted by atomic mass is 19.4. The molecule has 0 saturated heterocycles. The molecule has 0 aliphatic rings. The third-order valence-electron chi connectivity index (χ3n) is 4.42. The summed E-state index contributed by atoms with van der Waals surface area (Å²) in [5, 5.41) is 9.60. The van der Waals surface area contributed by atoms with Crippen molar-refractivity contribution in [3.63, 3.8) is 0 Å². The first-order chi connectivity index (χ1) is 14.9. The van der Waals surface area contributed by atoms with Crippen molar-refractivity contribution in [2.75, 3.05) is 6.61 Å². The predicted molar refractivity (Wildman–Crippen MR) is 82.9 cm³/mol. The molecule has 1 aromatic carbocycles. The maximum absolute atomic E-state index is 13.9. The van der Waals surface area contributed by atoms with Gasteiger partial charge in [-0.15, -0.1) is 0 Å². The van der Waals surface area contributed by atoms with Crippen LogP contribution in [-0.2, 0) is 0 Å². The van der Waals surface area contributed by atoms with Crippen molar-refractivity contribution >= 4 is 0 Å². The normalized spacial score (nSPS) is 15.9. The molecule has 0 aliphatic carbocycles. The molecule has 0 heterocycles. The van der Waals surface area contributed by atoms with Crippen molar-refractivity contribution in [3.8, 4) is 5.75 Å². The van der Waals surface area contributed by atoms with Crippen LogP contribution in [0.25, 0.3) is 0 Å². The molecule has 198 valence electrons. The van der Waals surface area contributed by atoms with E-state index in [1.54, 1.807) is 0 Å². The first-order valence-electron chi connectivity index (χ1n) is 8.66. The van der Waals surface area contributed by atoms with Crippen molar-refractivity contribution in [3.05, 3.63) is 29.8 Å². The first kappa shape index (κ1) is 30.0. The summed E-state index contributed by atoms with van der Waals surface area (Å²) in [7, 11) is 0. The third-order valence-corrected chi connectivity index (χ3v) is 4.42. The van der Waals surface area contributed by atoms with E-state index in [9.17, 15) is 71.0 Å². The van der Waals surface area contributed by atoms with Gasteiger partial charge in [0.1, 0.15) is 5.75 Å².